The second-order valence-corrected chi connectivity index (χ2v) is 40.8. The summed E-state index contributed by atoms with van der Waals surface area (Å²) in [5.74, 6) is -4.29. The van der Waals surface area contributed by atoms with Crippen LogP contribution >= 0.6 is 0 Å². The molecule has 0 bridgehead atoms. The fraction of sp³-hybridized carbons (Fsp3) is 0.898. The van der Waals surface area contributed by atoms with Gasteiger partial charge in [0.15, 0.2) is 50.1 Å². The quantitative estimate of drug-likeness (QED) is 0.0150. The van der Waals surface area contributed by atoms with Gasteiger partial charge in [-0.2, -0.15) is 0 Å². The van der Waals surface area contributed by atoms with E-state index in [2.05, 4.69) is 52.6 Å². The fourth-order valence-corrected chi connectivity index (χ4v) is 23.5. The average molecular weight is 1900 g/mol. The van der Waals surface area contributed by atoms with Gasteiger partial charge in [0, 0.05) is 18.8 Å². The molecule has 13 aliphatic rings. The molecule has 0 aromatic heterocycles. The third-order valence-electron chi connectivity index (χ3n) is 31.8. The van der Waals surface area contributed by atoms with Gasteiger partial charge in [-0.15, -0.1) is 6.58 Å². The van der Waals surface area contributed by atoms with E-state index in [1.807, 2.05) is 0 Å². The van der Waals surface area contributed by atoms with Crippen LogP contribution in [0.2, 0.25) is 0 Å². The first-order chi connectivity index (χ1) is 61.9. The van der Waals surface area contributed by atoms with Crippen molar-refractivity contribution in [1.82, 2.24) is 5.32 Å². The number of allylic oxidation sites excluding steroid dienone is 3. The van der Waals surface area contributed by atoms with E-state index in [0.29, 0.717) is 32.1 Å². The third-order valence-corrected chi connectivity index (χ3v) is 31.8. The van der Waals surface area contributed by atoms with Crippen LogP contribution < -0.4 is 5.32 Å². The maximum atomic E-state index is 16.8. The van der Waals surface area contributed by atoms with Crippen LogP contribution in [0.25, 0.3) is 0 Å². The molecule has 0 radical (unpaired) electrons. The lowest BCUT2D eigenvalue weighted by Gasteiger charge is -2.72. The number of hydrogen-bond donors (Lipinski definition) is 24. The second kappa shape index (κ2) is 41.0. The Morgan fingerprint density at radius 2 is 1.02 bits per heavy atom. The first-order valence-electron chi connectivity index (χ1n) is 45.7. The summed E-state index contributed by atoms with van der Waals surface area (Å²) in [5.41, 5.74) is -7.29. The van der Waals surface area contributed by atoms with Gasteiger partial charge in [0.1, 0.15) is 170 Å². The fourth-order valence-electron chi connectivity index (χ4n) is 23.5. The Labute approximate surface area is 763 Å². The summed E-state index contributed by atoms with van der Waals surface area (Å²) >= 11 is 0. The zero-order chi connectivity index (χ0) is 97.0. The van der Waals surface area contributed by atoms with Gasteiger partial charge in [-0.1, -0.05) is 72.3 Å². The summed E-state index contributed by atoms with van der Waals surface area (Å²) in [6.07, 6.45) is -61.8. The molecule has 5 aliphatic carbocycles. The topological polar surface area (TPSA) is 685 Å². The zero-order valence-corrected chi connectivity index (χ0v) is 76.1. The second-order valence-electron chi connectivity index (χ2n) is 40.8. The van der Waals surface area contributed by atoms with Gasteiger partial charge in [0.05, 0.1) is 81.3 Å². The van der Waals surface area contributed by atoms with Crippen molar-refractivity contribution in [3.63, 3.8) is 0 Å². The number of hydrogen-bond acceptors (Lipinski definition) is 43. The van der Waals surface area contributed by atoms with Crippen molar-refractivity contribution in [3.8, 4) is 0 Å². The molecule has 44 heteroatoms. The van der Waals surface area contributed by atoms with Crippen LogP contribution in [0.5, 0.6) is 0 Å². The van der Waals surface area contributed by atoms with Crippen LogP contribution in [0, 0.1) is 50.2 Å². The van der Waals surface area contributed by atoms with E-state index in [-0.39, 0.29) is 43.1 Å². The SMILES string of the molecule is C=CC(C)(CC/C=C(\CO)C(=O)O[C@H]1CC2(C(=O)O[C@@H]3O[C@H](CO)[C@@H](O)[C@H](O)[C@H]3O[C@@H]3O[C@@H](C)[C@H](O[C@@H]4O[C@@H](CO)[C@H](O)[C@H]4O)[C@@H](O[C@@H]4O[C@H](CO)[C@@H](O)[C@H](O)[C@H]4O)[C@H]3O)C(CC1(C)C)C1=CCC3C4(C)CCC(O[C@@H]5O[C@H](CO[C@@H]6O[C@H](C)[C@H](O)[C@H](O)[C@H]6O[C@@H]6OC[C@@H](O)[C@H](O)[C@H]6O)[C@@H](O)[C@H](O)[C@H]5NC(C)=O)C(C)(C)C4CCC3(C)[C@]1(C)C[C@H]2O)O[C@@H]1O[C@H](C)[C@@H](O)[C@H](O)[C@H]1O. The molecule has 49 atom stereocenters. The van der Waals surface area contributed by atoms with E-state index < -0.39 is 360 Å². The molecule has 0 aromatic rings. The lowest BCUT2D eigenvalue weighted by molar-refractivity contribution is -0.390. The molecule has 0 spiro atoms. The van der Waals surface area contributed by atoms with Crippen molar-refractivity contribution >= 4 is 17.8 Å². The Bertz CT molecular complexity index is 3980. The van der Waals surface area contributed by atoms with Crippen LogP contribution in [0.4, 0.5) is 0 Å². The van der Waals surface area contributed by atoms with E-state index in [0.717, 1.165) is 5.57 Å². The summed E-state index contributed by atoms with van der Waals surface area (Å²) in [6, 6.07) is -1.37. The van der Waals surface area contributed by atoms with Crippen molar-refractivity contribution in [2.24, 2.45) is 50.2 Å². The highest BCUT2D eigenvalue weighted by Gasteiger charge is 2.74. The number of fused-ring (bicyclic) bond motifs is 7. The van der Waals surface area contributed by atoms with Crippen LogP contribution in [0.15, 0.2) is 36.0 Å². The van der Waals surface area contributed by atoms with Gasteiger partial charge in [0.25, 0.3) is 0 Å². The van der Waals surface area contributed by atoms with Crippen LogP contribution in [-0.2, 0) is 94.9 Å². The molecule has 0 aromatic carbocycles. The molecular formula is C88H141NO43. The number of aliphatic hydroxyl groups is 23. The molecule has 8 aliphatic heterocycles. The van der Waals surface area contributed by atoms with Gasteiger partial charge in [-0.05, 0) is 125 Å². The highest BCUT2D eigenvalue weighted by atomic mass is 16.8. The van der Waals surface area contributed by atoms with Crippen molar-refractivity contribution in [2.75, 3.05) is 39.6 Å². The molecule has 44 nitrogen and oxygen atoms in total. The molecule has 8 heterocycles. The molecule has 132 heavy (non-hydrogen) atoms. The Morgan fingerprint density at radius 3 is 1.64 bits per heavy atom. The van der Waals surface area contributed by atoms with Crippen molar-refractivity contribution in [1.29, 1.82) is 0 Å². The number of carbonyl (C=O) groups is 3. The van der Waals surface area contributed by atoms with Crippen molar-refractivity contribution in [2.45, 2.75) is 405 Å². The Kier molecular flexibility index (Phi) is 32.7. The van der Waals surface area contributed by atoms with Crippen molar-refractivity contribution < 1.29 is 212 Å². The Morgan fingerprint density at radius 1 is 0.508 bits per heavy atom. The highest BCUT2D eigenvalue weighted by molar-refractivity contribution is 5.89. The minimum atomic E-state index is -2.28. The summed E-state index contributed by atoms with van der Waals surface area (Å²) < 4.78 is 104. The van der Waals surface area contributed by atoms with Crippen LogP contribution in [-0.4, -0.2) is 432 Å². The highest BCUT2D eigenvalue weighted by Crippen LogP contribution is 2.76. The van der Waals surface area contributed by atoms with Gasteiger partial charge < -0.3 is 203 Å². The Hall–Kier alpha value is -3.89. The standard InChI is InChI=1S/C88H141NO43/c1-14-84(10,132-78-66(112)59(105)51(97)33(2)118-78)21-15-16-37(27-90)72(114)125-49-26-88(81(115)131-80-71(62(108)55(101)42(29-92)123-80)130-77-67(113)69(128-76-65(111)60(106)54(100)41(28-91)121-76)68(35(4)120-77)127-75-64(110)56(102)43(30-93)122-75)39(24-82(49,6)7)38-17-18-46-85(11)22-20-48(83(8,9)45(85)19-23-86(46,12)87(38,13)25-47(88)96)126-73-50(89-36(5)94)58(104)57(103)44(124-73)32-117-79-70(61(107)52(98)34(3)119-79)129-74-63(109)53(99)40(95)31-116-74/h14,16-17,33-35,39-71,73-80,90-93,95-113H,1,15,18-32H2,2-13H3,(H,89,94)/b37-16+/t33-,34-,35+,39?,40-,41-,42-,43+,44-,45?,46?,47-,48?,49+,50-,51-,52+,53+,54-,55-,56+,57-,58-,59+,60+,61+,62+,63-,64-,65-,66-,67-,68+,69+,70-,71-,73+,74+,75+,76+,77+,78+,79-,80+,84?,85?,86?,87-,88?/m1/s1. The average Bonchev–Trinajstić information content (AvgIpc) is 0.671. The number of nitrogens with one attached hydrogen (secondary N) is 1. The molecule has 13 rings (SSSR count). The summed E-state index contributed by atoms with van der Waals surface area (Å²) in [4.78, 5) is 44.7. The van der Waals surface area contributed by atoms with Gasteiger partial charge in [-0.25, -0.2) is 4.79 Å². The molecule has 1 amide bonds. The van der Waals surface area contributed by atoms with E-state index in [1.54, 1.807) is 20.8 Å². The smallest absolute Gasteiger partial charge is 0.336 e. The maximum absolute atomic E-state index is 16.8. The number of esters is 2. The lowest BCUT2D eigenvalue weighted by atomic mass is 9.33. The predicted molar refractivity (Wildman–Crippen MR) is 441 cm³/mol. The van der Waals surface area contributed by atoms with E-state index in [4.69, 9.17) is 80.5 Å². The first-order valence-corrected chi connectivity index (χ1v) is 45.7. The lowest BCUT2D eigenvalue weighted by Crippen LogP contribution is -2.70. The minimum Gasteiger partial charge on any atom is -0.458 e. The molecule has 8 saturated heterocycles. The normalized spacial score (nSPS) is 50.7. The summed E-state index contributed by atoms with van der Waals surface area (Å²) in [7, 11) is 0. The van der Waals surface area contributed by atoms with E-state index in [1.165, 1.54) is 39.8 Å². The largest absolute Gasteiger partial charge is 0.458 e. The molecule has 756 valence electrons. The number of amides is 1. The van der Waals surface area contributed by atoms with E-state index in [9.17, 15) is 127 Å². The predicted octanol–water partition coefficient (Wildman–Crippen LogP) is -7.11. The van der Waals surface area contributed by atoms with Gasteiger partial charge >= 0.3 is 11.9 Å². The number of aliphatic hydroxyl groups excluding tert-OH is 23. The summed E-state index contributed by atoms with van der Waals surface area (Å²) in [5, 5.41) is 259. The molecule has 12 fully saturated rings. The summed E-state index contributed by atoms with van der Waals surface area (Å²) in [6.45, 7) is 20.4. The molecule has 4 saturated carbocycles. The van der Waals surface area contributed by atoms with E-state index >= 15 is 4.79 Å². The molecule has 24 N–H and O–H groups in total. The van der Waals surface area contributed by atoms with Gasteiger partial charge in [-0.3, -0.25) is 9.59 Å². The molecular weight excluding hydrogens is 1760 g/mol. The minimum absolute atomic E-state index is 0.0184. The zero-order valence-electron chi connectivity index (χ0n) is 76.1. The van der Waals surface area contributed by atoms with Crippen molar-refractivity contribution in [3.05, 3.63) is 36.0 Å². The van der Waals surface area contributed by atoms with Crippen LogP contribution in [0.3, 0.4) is 0 Å². The van der Waals surface area contributed by atoms with Gasteiger partial charge in [0.2, 0.25) is 12.2 Å². The number of ether oxygens (including phenoxy) is 17. The first kappa shape index (κ1) is 105. The number of carbonyl (C=O) groups excluding carboxylic acids is 3. The Balaban J connectivity index is 0.799. The van der Waals surface area contributed by atoms with Crippen LogP contribution in [0.1, 0.15) is 147 Å². The maximum Gasteiger partial charge on any atom is 0.336 e. The third kappa shape index (κ3) is 19.5. The monoisotopic (exact) mass is 1900 g/mol. The molecule has 8 unspecified atom stereocenters. The number of rotatable bonds is 28.